The van der Waals surface area contributed by atoms with E-state index in [2.05, 4.69) is 6.92 Å². The lowest BCUT2D eigenvalue weighted by atomic mass is 9.89. The minimum absolute atomic E-state index is 0.160. The Morgan fingerprint density at radius 1 is 1.28 bits per heavy atom. The average Bonchev–Trinajstić information content (AvgIpc) is 3.14. The summed E-state index contributed by atoms with van der Waals surface area (Å²) in [4.78, 5) is 16.7. The molecule has 0 bridgehead atoms. The molecule has 0 spiro atoms. The number of epoxide rings is 1. The van der Waals surface area contributed by atoms with Crippen LogP contribution in [0.4, 0.5) is 0 Å². The number of esters is 1. The molecule has 25 heavy (non-hydrogen) atoms. The van der Waals surface area contributed by atoms with Gasteiger partial charge in [0.05, 0.1) is 11.7 Å². The van der Waals surface area contributed by atoms with Crippen molar-refractivity contribution in [3.05, 3.63) is 34.9 Å². The zero-order valence-corrected chi connectivity index (χ0v) is 15.5. The van der Waals surface area contributed by atoms with Crippen LogP contribution >= 0.6 is 0 Å². The first-order valence-corrected chi connectivity index (χ1v) is 9.02. The van der Waals surface area contributed by atoms with Crippen molar-refractivity contribution in [1.29, 1.82) is 0 Å². The van der Waals surface area contributed by atoms with E-state index in [0.29, 0.717) is 6.42 Å². The summed E-state index contributed by atoms with van der Waals surface area (Å²) >= 11 is 0. The molecule has 0 saturated carbocycles. The molecule has 0 aromatic carbocycles. The molecule has 1 saturated heterocycles. The molecule has 2 aliphatic heterocycles. The van der Waals surface area contributed by atoms with Crippen LogP contribution in [-0.2, 0) is 19.2 Å². The Hall–Kier alpha value is -1.43. The lowest BCUT2D eigenvalue weighted by Gasteiger charge is -2.22. The number of hydrogen-bond acceptors (Lipinski definition) is 5. The van der Waals surface area contributed by atoms with E-state index in [1.165, 1.54) is 0 Å². The number of allylic oxidation sites excluding steroid dienone is 2. The summed E-state index contributed by atoms with van der Waals surface area (Å²) < 4.78 is 11.5. The largest absolute Gasteiger partial charge is 0.450 e. The fraction of sp³-hybridized carbons (Fsp3) is 0.650. The standard InChI is InChI=1S/C20H28O5/c1-13-6-5-9-19(3,25-22)10-8-17-20(4,24-17)11-7-15-14(2)18(21)23-16(15)12-13/h5,9,12,16-17,22H,6-8,10-11H2,1-4H3/b9-5+,13-12+/t16-,17+,19-,20+/m0/s1. The van der Waals surface area contributed by atoms with Gasteiger partial charge in [-0.25, -0.2) is 9.68 Å². The Labute approximate surface area is 149 Å². The molecule has 0 aromatic rings. The maximum absolute atomic E-state index is 12.0. The molecule has 0 radical (unpaired) electrons. The summed E-state index contributed by atoms with van der Waals surface area (Å²) in [6, 6.07) is 0. The topological polar surface area (TPSA) is 68.3 Å². The van der Waals surface area contributed by atoms with Crippen LogP contribution in [0.5, 0.6) is 0 Å². The molecule has 5 nitrogen and oxygen atoms in total. The number of carbonyl (C=O) groups is 1. The van der Waals surface area contributed by atoms with E-state index in [9.17, 15) is 10.1 Å². The second kappa shape index (κ2) is 6.71. The molecule has 1 N–H and O–H groups in total. The SMILES string of the molecule is CC1=C2CC[C@@]3(C)O[C@@H]3CC[C@@](C)(OO)/C=C/C/C(C)=C/[C@@H]2OC1=O. The molecule has 1 fully saturated rings. The smallest absolute Gasteiger partial charge is 0.334 e. The summed E-state index contributed by atoms with van der Waals surface area (Å²) in [5, 5.41) is 9.30. The number of rotatable bonds is 1. The van der Waals surface area contributed by atoms with Crippen molar-refractivity contribution in [3.8, 4) is 0 Å². The minimum Gasteiger partial charge on any atom is -0.450 e. The number of hydrogen-bond donors (Lipinski definition) is 1. The first kappa shape index (κ1) is 18.4. The summed E-state index contributed by atoms with van der Waals surface area (Å²) in [5.41, 5.74) is 2.04. The van der Waals surface area contributed by atoms with Crippen molar-refractivity contribution in [3.63, 3.8) is 0 Å². The van der Waals surface area contributed by atoms with E-state index in [1.54, 1.807) is 0 Å². The molecule has 0 aromatic heterocycles. The maximum Gasteiger partial charge on any atom is 0.334 e. The molecule has 138 valence electrons. The third-order valence-electron chi connectivity index (χ3n) is 5.75. The lowest BCUT2D eigenvalue weighted by molar-refractivity contribution is -0.304. The van der Waals surface area contributed by atoms with E-state index < -0.39 is 5.60 Å². The van der Waals surface area contributed by atoms with Crippen LogP contribution in [0.15, 0.2) is 34.9 Å². The van der Waals surface area contributed by atoms with Crippen molar-refractivity contribution >= 4 is 5.97 Å². The summed E-state index contributed by atoms with van der Waals surface area (Å²) in [5.74, 6) is -0.219. The van der Waals surface area contributed by atoms with E-state index in [0.717, 1.165) is 42.4 Å². The molecule has 2 heterocycles. The predicted molar refractivity (Wildman–Crippen MR) is 94.0 cm³/mol. The van der Waals surface area contributed by atoms with E-state index in [4.69, 9.17) is 14.4 Å². The second-order valence-corrected chi connectivity index (χ2v) is 7.96. The Morgan fingerprint density at radius 2 is 2.04 bits per heavy atom. The van der Waals surface area contributed by atoms with Crippen LogP contribution in [0.3, 0.4) is 0 Å². The predicted octanol–water partition coefficient (Wildman–Crippen LogP) is 4.10. The van der Waals surface area contributed by atoms with Gasteiger partial charge in [0.2, 0.25) is 0 Å². The normalized spacial score (nSPS) is 42.6. The Morgan fingerprint density at radius 3 is 2.76 bits per heavy atom. The molecule has 1 aliphatic carbocycles. The highest BCUT2D eigenvalue weighted by molar-refractivity contribution is 5.92. The molecular formula is C20H28O5. The highest BCUT2D eigenvalue weighted by Gasteiger charge is 2.52. The van der Waals surface area contributed by atoms with Crippen molar-refractivity contribution in [1.82, 2.24) is 0 Å². The molecule has 3 rings (SSSR count). The van der Waals surface area contributed by atoms with Gasteiger partial charge in [-0.3, -0.25) is 5.26 Å². The average molecular weight is 348 g/mol. The van der Waals surface area contributed by atoms with Crippen LogP contribution in [0.2, 0.25) is 0 Å². The molecule has 0 unspecified atom stereocenters. The van der Waals surface area contributed by atoms with Gasteiger partial charge >= 0.3 is 5.97 Å². The Kier molecular flexibility index (Phi) is 4.93. The zero-order chi connectivity index (χ0) is 18.2. The maximum atomic E-state index is 12.0. The molecule has 0 amide bonds. The van der Waals surface area contributed by atoms with Gasteiger partial charge in [-0.15, -0.1) is 0 Å². The highest BCUT2D eigenvalue weighted by atomic mass is 17.1. The molecule has 5 heteroatoms. The van der Waals surface area contributed by atoms with Gasteiger partial charge in [0.15, 0.2) is 0 Å². The first-order chi connectivity index (χ1) is 11.8. The van der Waals surface area contributed by atoms with E-state index in [-0.39, 0.29) is 23.8 Å². The summed E-state index contributed by atoms with van der Waals surface area (Å²) in [7, 11) is 0. The van der Waals surface area contributed by atoms with Gasteiger partial charge in [0, 0.05) is 5.57 Å². The monoisotopic (exact) mass is 348 g/mol. The number of carbonyl (C=O) groups excluding carboxylic acids is 1. The molecular weight excluding hydrogens is 320 g/mol. The second-order valence-electron chi connectivity index (χ2n) is 7.96. The van der Waals surface area contributed by atoms with Gasteiger partial charge in [0.25, 0.3) is 0 Å². The fourth-order valence-electron chi connectivity index (χ4n) is 3.74. The van der Waals surface area contributed by atoms with Gasteiger partial charge in [-0.05, 0) is 71.4 Å². The van der Waals surface area contributed by atoms with E-state index in [1.807, 2.05) is 39.0 Å². The highest BCUT2D eigenvalue weighted by Crippen LogP contribution is 2.45. The van der Waals surface area contributed by atoms with E-state index >= 15 is 0 Å². The van der Waals surface area contributed by atoms with Crippen LogP contribution in [0, 0.1) is 0 Å². The van der Waals surface area contributed by atoms with Crippen LogP contribution < -0.4 is 0 Å². The van der Waals surface area contributed by atoms with Gasteiger partial charge in [-0.2, -0.15) is 0 Å². The molecule has 4 atom stereocenters. The first-order valence-electron chi connectivity index (χ1n) is 9.02. The minimum atomic E-state index is -0.710. The van der Waals surface area contributed by atoms with Gasteiger partial charge < -0.3 is 9.47 Å². The number of fused-ring (bicyclic) bond motifs is 2. The fourth-order valence-corrected chi connectivity index (χ4v) is 3.74. The van der Waals surface area contributed by atoms with Crippen LogP contribution in [0.25, 0.3) is 0 Å². The third kappa shape index (κ3) is 3.89. The van der Waals surface area contributed by atoms with Gasteiger partial charge in [-0.1, -0.05) is 17.7 Å². The van der Waals surface area contributed by atoms with Crippen molar-refractivity contribution in [2.24, 2.45) is 0 Å². The number of ether oxygens (including phenoxy) is 2. The van der Waals surface area contributed by atoms with Crippen LogP contribution in [-0.4, -0.2) is 34.6 Å². The van der Waals surface area contributed by atoms with Crippen molar-refractivity contribution in [2.75, 3.05) is 0 Å². The summed E-state index contributed by atoms with van der Waals surface area (Å²) in [6.07, 6.45) is 9.68. The zero-order valence-electron chi connectivity index (χ0n) is 15.5. The van der Waals surface area contributed by atoms with Crippen molar-refractivity contribution in [2.45, 2.75) is 83.2 Å². The quantitative estimate of drug-likeness (QED) is 0.254. The van der Waals surface area contributed by atoms with Crippen LogP contribution in [0.1, 0.15) is 59.8 Å². The lowest BCUT2D eigenvalue weighted by Crippen LogP contribution is -2.26. The van der Waals surface area contributed by atoms with Crippen molar-refractivity contribution < 1.29 is 24.4 Å². The summed E-state index contributed by atoms with van der Waals surface area (Å²) in [6.45, 7) is 7.85. The Bertz CT molecular complexity index is 646. The van der Waals surface area contributed by atoms with Gasteiger partial charge in [0.1, 0.15) is 11.7 Å². The molecule has 3 aliphatic rings. The Balaban J connectivity index is 1.86. The third-order valence-corrected chi connectivity index (χ3v) is 5.75.